The molecule has 0 aromatic heterocycles. The summed E-state index contributed by atoms with van der Waals surface area (Å²) in [5, 5.41) is 15.8. The zero-order chi connectivity index (χ0) is 30.8. The first-order valence-corrected chi connectivity index (χ1v) is 14.5. The van der Waals surface area contributed by atoms with E-state index in [9.17, 15) is 23.9 Å². The molecule has 3 aliphatic heterocycles. The van der Waals surface area contributed by atoms with Crippen molar-refractivity contribution in [3.63, 3.8) is 0 Å². The van der Waals surface area contributed by atoms with E-state index in [1.807, 2.05) is 54.7 Å². The van der Waals surface area contributed by atoms with Gasteiger partial charge < -0.3 is 20.2 Å². The molecule has 0 radical (unpaired) electrons. The highest BCUT2D eigenvalue weighted by atomic mass is 19.1. The summed E-state index contributed by atoms with van der Waals surface area (Å²) in [5.41, 5.74) is 4.10. The number of fused-ring (bicyclic) bond motifs is 2. The molecule has 0 unspecified atom stereocenters. The average molecular weight is 597 g/mol. The Morgan fingerprint density at radius 3 is 2.68 bits per heavy atom. The van der Waals surface area contributed by atoms with E-state index in [0.717, 1.165) is 28.4 Å². The topological polar surface area (TPSA) is 109 Å². The van der Waals surface area contributed by atoms with Gasteiger partial charge in [0.1, 0.15) is 12.2 Å². The third-order valence-corrected chi connectivity index (χ3v) is 8.20. The Morgan fingerprint density at radius 1 is 1.09 bits per heavy atom. The fourth-order valence-electron chi connectivity index (χ4n) is 6.14. The second-order valence-corrected chi connectivity index (χ2v) is 11.1. The van der Waals surface area contributed by atoms with Crippen molar-refractivity contribution in [2.45, 2.75) is 38.1 Å². The van der Waals surface area contributed by atoms with Gasteiger partial charge in [0.25, 0.3) is 0 Å². The Labute approximate surface area is 254 Å². The largest absolute Gasteiger partial charge is 0.505 e. The number of carbonyl (C=O) groups is 3. The number of urea groups is 1. The maximum atomic E-state index is 14.3. The average Bonchev–Trinajstić information content (AvgIpc) is 3.51. The number of amides is 4. The normalized spacial score (nSPS) is 19.6. The number of piperazine rings is 1. The van der Waals surface area contributed by atoms with Crippen molar-refractivity contribution in [3.05, 3.63) is 107 Å². The van der Waals surface area contributed by atoms with Crippen molar-refractivity contribution in [3.8, 4) is 5.75 Å². The number of phenols is 1. The molecule has 3 aromatic carbocycles. The lowest BCUT2D eigenvalue weighted by molar-refractivity contribution is -0.189. The van der Waals surface area contributed by atoms with E-state index in [4.69, 9.17) is 0 Å². The molecule has 0 saturated carbocycles. The molecule has 6 rings (SSSR count). The van der Waals surface area contributed by atoms with E-state index in [1.165, 1.54) is 22.0 Å². The van der Waals surface area contributed by atoms with E-state index in [1.54, 1.807) is 16.0 Å². The van der Waals surface area contributed by atoms with Crippen LogP contribution in [-0.4, -0.2) is 80.8 Å². The summed E-state index contributed by atoms with van der Waals surface area (Å²) in [5.74, 6) is -1.96. The van der Waals surface area contributed by atoms with Gasteiger partial charge in [0.05, 0.1) is 18.8 Å². The van der Waals surface area contributed by atoms with Crippen LogP contribution in [0.25, 0.3) is 0 Å². The van der Waals surface area contributed by atoms with Crippen LogP contribution in [0.3, 0.4) is 0 Å². The lowest BCUT2D eigenvalue weighted by Crippen LogP contribution is -2.76. The summed E-state index contributed by atoms with van der Waals surface area (Å²) >= 11 is 0. The van der Waals surface area contributed by atoms with Gasteiger partial charge in [-0.05, 0) is 34.4 Å². The highest BCUT2D eigenvalue weighted by Gasteiger charge is 2.51. The Balaban J connectivity index is 1.36. The molecule has 2 saturated heterocycles. The number of phenolic OH excluding ortho intramolecular Hbond substituents is 1. The molecular formula is C33H33FN6O4. The van der Waals surface area contributed by atoms with Crippen molar-refractivity contribution in [2.75, 3.05) is 19.6 Å². The van der Waals surface area contributed by atoms with E-state index >= 15 is 0 Å². The second-order valence-electron chi connectivity index (χ2n) is 11.1. The standard InChI is InChI=1S/C33H33FN6O4/c1-2-15-38-21-30(42)39-27(17-23-11-12-28(41)26(34)16-23)32(43)37(19-25-10-6-9-24-13-14-35-31(24)25)20-29(39)40(38)33(44)36-18-22-7-4-3-5-8-22/h2-12,14,16,27,29,41H,1,13,15,17-21H2,(H,36,44)/t27-,29-/m0/s1. The monoisotopic (exact) mass is 596 g/mol. The lowest BCUT2D eigenvalue weighted by Gasteiger charge is -2.55. The summed E-state index contributed by atoms with van der Waals surface area (Å²) in [4.78, 5) is 49.4. The lowest BCUT2D eigenvalue weighted by atomic mass is 9.97. The smallest absolute Gasteiger partial charge is 0.334 e. The maximum Gasteiger partial charge on any atom is 0.334 e. The van der Waals surface area contributed by atoms with Crippen molar-refractivity contribution in [1.29, 1.82) is 0 Å². The number of benzene rings is 3. The van der Waals surface area contributed by atoms with Gasteiger partial charge in [-0.1, -0.05) is 60.7 Å². The van der Waals surface area contributed by atoms with Crippen LogP contribution < -0.4 is 5.32 Å². The minimum Gasteiger partial charge on any atom is -0.505 e. The van der Waals surface area contributed by atoms with Crippen LogP contribution in [0.2, 0.25) is 0 Å². The van der Waals surface area contributed by atoms with Gasteiger partial charge in [0.15, 0.2) is 11.6 Å². The number of nitrogens with zero attached hydrogens (tertiary/aromatic N) is 5. The maximum absolute atomic E-state index is 14.3. The number of hydrazine groups is 1. The van der Waals surface area contributed by atoms with Crippen LogP contribution >= 0.6 is 0 Å². The summed E-state index contributed by atoms with van der Waals surface area (Å²) < 4.78 is 14.3. The van der Waals surface area contributed by atoms with Crippen LogP contribution in [-0.2, 0) is 35.5 Å². The molecule has 3 heterocycles. The number of carbonyl (C=O) groups excluding carboxylic acids is 3. The van der Waals surface area contributed by atoms with Gasteiger partial charge in [-0.3, -0.25) is 14.6 Å². The van der Waals surface area contributed by atoms with Gasteiger partial charge >= 0.3 is 6.03 Å². The molecule has 3 aliphatic rings. The molecular weight excluding hydrogens is 563 g/mol. The zero-order valence-corrected chi connectivity index (χ0v) is 24.1. The molecule has 2 N–H and O–H groups in total. The second kappa shape index (κ2) is 12.3. The van der Waals surface area contributed by atoms with Crippen LogP contribution in [0.1, 0.15) is 22.3 Å². The molecule has 4 amide bonds. The Morgan fingerprint density at radius 2 is 1.91 bits per heavy atom. The Hall–Kier alpha value is -5.03. The molecule has 0 bridgehead atoms. The van der Waals surface area contributed by atoms with Crippen LogP contribution in [0, 0.1) is 5.82 Å². The van der Waals surface area contributed by atoms with Crippen molar-refractivity contribution < 1.29 is 23.9 Å². The fraction of sp³-hybridized carbons (Fsp3) is 0.273. The highest BCUT2D eigenvalue weighted by molar-refractivity contribution is 5.92. The first-order valence-electron chi connectivity index (χ1n) is 14.5. The molecule has 226 valence electrons. The fourth-order valence-corrected chi connectivity index (χ4v) is 6.14. The number of hydrogen-bond donors (Lipinski definition) is 2. The minimum absolute atomic E-state index is 0.000750. The number of aliphatic imine (C=N–C) groups is 1. The number of rotatable bonds is 8. The first kappa shape index (κ1) is 29.1. The number of aromatic hydroxyl groups is 1. The van der Waals surface area contributed by atoms with Crippen molar-refractivity contribution in [1.82, 2.24) is 25.1 Å². The van der Waals surface area contributed by atoms with Crippen molar-refractivity contribution in [2.24, 2.45) is 4.99 Å². The van der Waals surface area contributed by atoms with Crippen LogP contribution in [0.4, 0.5) is 14.9 Å². The summed E-state index contributed by atoms with van der Waals surface area (Å²) in [6.45, 7) is 4.46. The van der Waals surface area contributed by atoms with Gasteiger partial charge in [0.2, 0.25) is 11.8 Å². The molecule has 2 atom stereocenters. The Bertz CT molecular complexity index is 1630. The molecule has 44 heavy (non-hydrogen) atoms. The molecule has 3 aromatic rings. The molecule has 10 nitrogen and oxygen atoms in total. The number of hydrogen-bond acceptors (Lipinski definition) is 6. The van der Waals surface area contributed by atoms with E-state index < -0.39 is 29.8 Å². The predicted octanol–water partition coefficient (Wildman–Crippen LogP) is 3.53. The summed E-state index contributed by atoms with van der Waals surface area (Å²) in [6.07, 6.45) is 3.33. The molecule has 11 heteroatoms. The van der Waals surface area contributed by atoms with Gasteiger partial charge in [-0.25, -0.2) is 19.2 Å². The summed E-state index contributed by atoms with van der Waals surface area (Å²) in [6, 6.07) is 17.8. The van der Waals surface area contributed by atoms with Crippen LogP contribution in [0.15, 0.2) is 84.4 Å². The number of nitrogens with one attached hydrogen (secondary N) is 1. The van der Waals surface area contributed by atoms with E-state index in [2.05, 4.69) is 16.9 Å². The first-order chi connectivity index (χ1) is 21.3. The minimum atomic E-state index is -1.01. The third kappa shape index (κ3) is 5.66. The number of para-hydroxylation sites is 1. The van der Waals surface area contributed by atoms with Crippen LogP contribution in [0.5, 0.6) is 5.75 Å². The van der Waals surface area contributed by atoms with E-state index in [-0.39, 0.29) is 51.0 Å². The predicted molar refractivity (Wildman–Crippen MR) is 162 cm³/mol. The zero-order valence-electron chi connectivity index (χ0n) is 24.1. The van der Waals surface area contributed by atoms with E-state index in [0.29, 0.717) is 12.0 Å². The quantitative estimate of drug-likeness (QED) is 0.387. The third-order valence-electron chi connectivity index (χ3n) is 8.20. The highest BCUT2D eigenvalue weighted by Crippen LogP contribution is 2.33. The summed E-state index contributed by atoms with van der Waals surface area (Å²) in [7, 11) is 0. The molecule has 0 aliphatic carbocycles. The molecule has 0 spiro atoms. The molecule has 2 fully saturated rings. The van der Waals surface area contributed by atoms with Gasteiger partial charge in [-0.2, -0.15) is 0 Å². The van der Waals surface area contributed by atoms with Gasteiger partial charge in [-0.15, -0.1) is 6.58 Å². The number of halogens is 1. The van der Waals surface area contributed by atoms with Gasteiger partial charge in [0, 0.05) is 38.7 Å². The SMILES string of the molecule is C=CCN1CC(=O)N2[C@@H](Cc3ccc(O)c(F)c3)C(=O)N(Cc3cccc4c3N=CC4)C[C@@H]2N1C(=O)NCc1ccccc1. The van der Waals surface area contributed by atoms with Crippen molar-refractivity contribution >= 4 is 29.7 Å². The Kier molecular flexibility index (Phi) is 8.12.